The molecule has 2 heterocycles. The number of rotatable bonds is 4. The van der Waals surface area contributed by atoms with Gasteiger partial charge in [0, 0.05) is 32.1 Å². The summed E-state index contributed by atoms with van der Waals surface area (Å²) < 4.78 is 5.33. The molecule has 2 fully saturated rings. The van der Waals surface area contributed by atoms with Gasteiger partial charge in [0.25, 0.3) is 0 Å². The minimum atomic E-state index is -0.188. The van der Waals surface area contributed by atoms with Gasteiger partial charge in [-0.05, 0) is 25.2 Å². The number of hydrogen-bond acceptors (Lipinski definition) is 6. The maximum absolute atomic E-state index is 12.1. The zero-order chi connectivity index (χ0) is 15.5. The van der Waals surface area contributed by atoms with Gasteiger partial charge >= 0.3 is 6.09 Å². The normalized spacial score (nSPS) is 19.4. The molecule has 7 heteroatoms. The van der Waals surface area contributed by atoms with Crippen LogP contribution in [-0.4, -0.2) is 54.0 Å². The van der Waals surface area contributed by atoms with Crippen molar-refractivity contribution >= 4 is 22.6 Å². The monoisotopic (exact) mass is 324 g/mol. The molecule has 0 spiro atoms. The molecule has 1 saturated heterocycles. The van der Waals surface area contributed by atoms with Gasteiger partial charge in [-0.25, -0.2) is 4.79 Å². The molecular weight excluding hydrogens is 300 g/mol. The van der Waals surface area contributed by atoms with Gasteiger partial charge in [0.15, 0.2) is 0 Å². The van der Waals surface area contributed by atoms with Crippen LogP contribution in [0.5, 0.6) is 0 Å². The van der Waals surface area contributed by atoms with Crippen molar-refractivity contribution in [3.8, 4) is 0 Å². The lowest BCUT2D eigenvalue weighted by atomic mass is 10.2. The maximum Gasteiger partial charge on any atom is 0.409 e. The summed E-state index contributed by atoms with van der Waals surface area (Å²) in [5.41, 5.74) is 0. The highest BCUT2D eigenvalue weighted by Crippen LogP contribution is 2.42. The Labute approximate surface area is 135 Å². The van der Waals surface area contributed by atoms with E-state index >= 15 is 0 Å². The lowest BCUT2D eigenvalue weighted by molar-refractivity contribution is 0.0943. The second-order valence-corrected chi connectivity index (χ2v) is 7.48. The van der Waals surface area contributed by atoms with E-state index in [1.807, 2.05) is 18.7 Å². The molecule has 22 heavy (non-hydrogen) atoms. The van der Waals surface area contributed by atoms with Gasteiger partial charge in [-0.3, -0.25) is 0 Å². The molecule has 1 aromatic heterocycles. The first-order valence-corrected chi connectivity index (χ1v) is 8.95. The molecule has 3 rings (SSSR count). The highest BCUT2D eigenvalue weighted by atomic mass is 32.1. The number of ether oxygens (including phenoxy) is 1. The van der Waals surface area contributed by atoms with E-state index in [9.17, 15) is 4.79 Å². The Balaban J connectivity index is 1.53. The van der Waals surface area contributed by atoms with E-state index in [-0.39, 0.29) is 6.09 Å². The highest BCUT2D eigenvalue weighted by Gasteiger charge is 2.29. The summed E-state index contributed by atoms with van der Waals surface area (Å²) in [6.45, 7) is 7.75. The molecule has 0 unspecified atom stereocenters. The first kappa shape index (κ1) is 15.5. The zero-order valence-corrected chi connectivity index (χ0v) is 14.1. The number of amides is 1. The van der Waals surface area contributed by atoms with Crippen LogP contribution in [-0.2, 0) is 4.74 Å². The van der Waals surface area contributed by atoms with Crippen LogP contribution in [0.15, 0.2) is 0 Å². The molecule has 1 aromatic rings. The van der Waals surface area contributed by atoms with E-state index < -0.39 is 0 Å². The fraction of sp³-hybridized carbons (Fsp3) is 0.800. The van der Waals surface area contributed by atoms with E-state index in [4.69, 9.17) is 4.74 Å². The molecule has 1 aliphatic heterocycles. The van der Waals surface area contributed by atoms with Gasteiger partial charge in [-0.1, -0.05) is 25.2 Å². The summed E-state index contributed by atoms with van der Waals surface area (Å²) in [5, 5.41) is 10.8. The predicted octanol–water partition coefficient (Wildman–Crippen LogP) is 2.72. The lowest BCUT2D eigenvalue weighted by Crippen LogP contribution is -2.36. The van der Waals surface area contributed by atoms with Crippen LogP contribution in [0.4, 0.5) is 9.93 Å². The second kappa shape index (κ2) is 6.81. The Morgan fingerprint density at radius 1 is 1.27 bits per heavy atom. The van der Waals surface area contributed by atoms with Crippen LogP contribution >= 0.6 is 11.3 Å². The first-order chi connectivity index (χ1) is 10.6. The molecular formula is C15H24N4O2S. The average molecular weight is 324 g/mol. The third-order valence-corrected chi connectivity index (χ3v) is 5.07. The van der Waals surface area contributed by atoms with Gasteiger partial charge < -0.3 is 14.5 Å². The Morgan fingerprint density at radius 3 is 2.82 bits per heavy atom. The minimum absolute atomic E-state index is 0.188. The van der Waals surface area contributed by atoms with E-state index in [1.165, 1.54) is 17.8 Å². The minimum Gasteiger partial charge on any atom is -0.449 e. The topological polar surface area (TPSA) is 58.6 Å². The van der Waals surface area contributed by atoms with Gasteiger partial charge in [0.2, 0.25) is 5.13 Å². The molecule has 0 aromatic carbocycles. The fourth-order valence-corrected chi connectivity index (χ4v) is 3.53. The van der Waals surface area contributed by atoms with Crippen LogP contribution < -0.4 is 4.90 Å². The summed E-state index contributed by atoms with van der Waals surface area (Å²) in [6, 6.07) is 0. The zero-order valence-electron chi connectivity index (χ0n) is 13.3. The molecule has 122 valence electrons. The largest absolute Gasteiger partial charge is 0.449 e. The fourth-order valence-electron chi connectivity index (χ4n) is 2.47. The summed E-state index contributed by atoms with van der Waals surface area (Å²) in [4.78, 5) is 16.1. The van der Waals surface area contributed by atoms with Crippen molar-refractivity contribution in [1.82, 2.24) is 15.1 Å². The molecule has 1 aliphatic carbocycles. The molecule has 1 amide bonds. The summed E-state index contributed by atoms with van der Waals surface area (Å²) in [6.07, 6.45) is 3.26. The first-order valence-electron chi connectivity index (χ1n) is 8.13. The van der Waals surface area contributed by atoms with E-state index in [0.717, 1.165) is 31.2 Å². The van der Waals surface area contributed by atoms with Crippen molar-refractivity contribution in [2.24, 2.45) is 5.92 Å². The number of hydrogen-bond donors (Lipinski definition) is 0. The molecule has 0 atom stereocenters. The van der Waals surface area contributed by atoms with Crippen LogP contribution in [0.2, 0.25) is 0 Å². The van der Waals surface area contributed by atoms with Crippen LogP contribution in [0.3, 0.4) is 0 Å². The summed E-state index contributed by atoms with van der Waals surface area (Å²) >= 11 is 1.71. The SMILES string of the molecule is CC(C)COC(=O)N1CCCN(c2nnc(C3CC3)s2)CC1. The highest BCUT2D eigenvalue weighted by molar-refractivity contribution is 7.15. The number of carbonyl (C=O) groups is 1. The quantitative estimate of drug-likeness (QED) is 0.852. The van der Waals surface area contributed by atoms with Crippen LogP contribution in [0, 0.1) is 5.92 Å². The van der Waals surface area contributed by atoms with Crippen molar-refractivity contribution in [1.29, 1.82) is 0 Å². The molecule has 6 nitrogen and oxygen atoms in total. The van der Waals surface area contributed by atoms with Crippen molar-refractivity contribution in [3.05, 3.63) is 5.01 Å². The molecule has 2 aliphatic rings. The van der Waals surface area contributed by atoms with Crippen LogP contribution in [0.1, 0.15) is 44.0 Å². The second-order valence-electron chi connectivity index (χ2n) is 6.50. The third kappa shape index (κ3) is 3.88. The Morgan fingerprint density at radius 2 is 2.09 bits per heavy atom. The van der Waals surface area contributed by atoms with Crippen molar-refractivity contribution < 1.29 is 9.53 Å². The van der Waals surface area contributed by atoms with Gasteiger partial charge in [0.1, 0.15) is 5.01 Å². The van der Waals surface area contributed by atoms with E-state index in [0.29, 0.717) is 25.0 Å². The molecule has 0 radical (unpaired) electrons. The van der Waals surface area contributed by atoms with Gasteiger partial charge in [-0.15, -0.1) is 10.2 Å². The predicted molar refractivity (Wildman–Crippen MR) is 86.5 cm³/mol. The number of aromatic nitrogens is 2. The average Bonchev–Trinajstić information content (AvgIpc) is 3.28. The van der Waals surface area contributed by atoms with Crippen molar-refractivity contribution in [2.45, 2.75) is 39.0 Å². The van der Waals surface area contributed by atoms with Crippen molar-refractivity contribution in [3.63, 3.8) is 0 Å². The van der Waals surface area contributed by atoms with E-state index in [1.54, 1.807) is 11.3 Å². The van der Waals surface area contributed by atoms with Crippen LogP contribution in [0.25, 0.3) is 0 Å². The Kier molecular flexibility index (Phi) is 4.81. The van der Waals surface area contributed by atoms with Crippen molar-refractivity contribution in [2.75, 3.05) is 37.7 Å². The van der Waals surface area contributed by atoms with Gasteiger partial charge in [0.05, 0.1) is 6.61 Å². The standard InChI is InChI=1S/C15H24N4O2S/c1-11(2)10-21-15(20)19-7-3-6-18(8-9-19)14-17-16-13(22-14)12-4-5-12/h11-12H,3-10H2,1-2H3. The third-order valence-electron chi connectivity index (χ3n) is 3.92. The van der Waals surface area contributed by atoms with E-state index in [2.05, 4.69) is 15.1 Å². The van der Waals surface area contributed by atoms with Gasteiger partial charge in [-0.2, -0.15) is 0 Å². The Hall–Kier alpha value is -1.37. The smallest absolute Gasteiger partial charge is 0.409 e. The number of anilines is 1. The molecule has 0 N–H and O–H groups in total. The molecule has 1 saturated carbocycles. The Bertz CT molecular complexity index is 515. The number of carbonyl (C=O) groups excluding carboxylic acids is 1. The number of nitrogens with zero attached hydrogens (tertiary/aromatic N) is 4. The summed E-state index contributed by atoms with van der Waals surface area (Å²) in [7, 11) is 0. The maximum atomic E-state index is 12.1. The summed E-state index contributed by atoms with van der Waals surface area (Å²) in [5.74, 6) is 1.02. The lowest BCUT2D eigenvalue weighted by Gasteiger charge is -2.21. The molecule has 0 bridgehead atoms.